The minimum Gasteiger partial charge on any atom is -0.380 e. The highest BCUT2D eigenvalue weighted by Crippen LogP contribution is 2.19. The molecule has 126 valence electrons. The summed E-state index contributed by atoms with van der Waals surface area (Å²) in [4.78, 5) is 26.3. The van der Waals surface area contributed by atoms with Crippen molar-refractivity contribution in [3.8, 4) is 0 Å². The fourth-order valence-electron chi connectivity index (χ4n) is 2.83. The van der Waals surface area contributed by atoms with Gasteiger partial charge in [-0.25, -0.2) is 0 Å². The van der Waals surface area contributed by atoms with Crippen LogP contribution in [0.4, 0.5) is 0 Å². The van der Waals surface area contributed by atoms with Gasteiger partial charge in [0, 0.05) is 38.2 Å². The molecule has 2 amide bonds. The van der Waals surface area contributed by atoms with Crippen LogP contribution in [0.1, 0.15) is 42.1 Å². The number of ether oxygens (including phenoxy) is 1. The summed E-state index contributed by atoms with van der Waals surface area (Å²) in [6, 6.07) is 7.52. The first kappa shape index (κ1) is 17.5. The molecule has 0 aliphatic carbocycles. The van der Waals surface area contributed by atoms with E-state index >= 15 is 0 Å². The molecule has 1 fully saturated rings. The lowest BCUT2D eigenvalue weighted by atomic mass is 9.95. The Morgan fingerprint density at radius 3 is 2.43 bits per heavy atom. The van der Waals surface area contributed by atoms with Crippen LogP contribution in [-0.4, -0.2) is 43.5 Å². The van der Waals surface area contributed by atoms with Crippen molar-refractivity contribution < 1.29 is 14.3 Å². The molecular formula is C18H26N2O3. The van der Waals surface area contributed by atoms with E-state index in [-0.39, 0.29) is 17.7 Å². The smallest absolute Gasteiger partial charge is 0.253 e. The summed E-state index contributed by atoms with van der Waals surface area (Å²) in [6.45, 7) is 4.60. The van der Waals surface area contributed by atoms with Crippen LogP contribution >= 0.6 is 0 Å². The summed E-state index contributed by atoms with van der Waals surface area (Å²) in [5.74, 6) is 0.207. The van der Waals surface area contributed by atoms with E-state index < -0.39 is 0 Å². The normalized spacial score (nSPS) is 15.5. The van der Waals surface area contributed by atoms with Gasteiger partial charge in [-0.1, -0.05) is 19.1 Å². The molecule has 0 unspecified atom stereocenters. The average molecular weight is 318 g/mol. The van der Waals surface area contributed by atoms with Crippen LogP contribution < -0.4 is 5.32 Å². The molecule has 0 atom stereocenters. The number of likely N-dealkylation sites (tertiary alicyclic amines) is 1. The Balaban J connectivity index is 1.86. The quantitative estimate of drug-likeness (QED) is 0.875. The Morgan fingerprint density at radius 2 is 1.87 bits per heavy atom. The van der Waals surface area contributed by atoms with E-state index in [1.165, 1.54) is 0 Å². The van der Waals surface area contributed by atoms with Crippen molar-refractivity contribution in [3.05, 3.63) is 35.4 Å². The van der Waals surface area contributed by atoms with Gasteiger partial charge in [-0.3, -0.25) is 9.59 Å². The number of hydrogen-bond donors (Lipinski definition) is 1. The zero-order valence-corrected chi connectivity index (χ0v) is 14.0. The van der Waals surface area contributed by atoms with Crippen molar-refractivity contribution in [1.82, 2.24) is 10.2 Å². The second-order valence-corrected chi connectivity index (χ2v) is 5.99. The highest BCUT2D eigenvalue weighted by molar-refractivity contribution is 5.94. The second kappa shape index (κ2) is 8.67. The number of rotatable bonds is 6. The number of nitrogens with zero attached hydrogens (tertiary/aromatic N) is 1. The fourth-order valence-corrected chi connectivity index (χ4v) is 2.83. The number of hydrogen-bond acceptors (Lipinski definition) is 3. The number of carbonyl (C=O) groups is 2. The van der Waals surface area contributed by atoms with Gasteiger partial charge in [0.1, 0.15) is 0 Å². The summed E-state index contributed by atoms with van der Waals surface area (Å²) in [5.41, 5.74) is 1.74. The van der Waals surface area contributed by atoms with Crippen LogP contribution in [-0.2, 0) is 16.1 Å². The van der Waals surface area contributed by atoms with Gasteiger partial charge in [-0.05, 0) is 37.0 Å². The fraction of sp³-hybridized carbons (Fsp3) is 0.556. The summed E-state index contributed by atoms with van der Waals surface area (Å²) in [7, 11) is 1.65. The SMILES string of the molecule is CCCNC(=O)C1CCN(C(=O)c2ccc(COC)cc2)CC1. The molecule has 0 spiro atoms. The molecule has 5 nitrogen and oxygen atoms in total. The van der Waals surface area contributed by atoms with Gasteiger partial charge in [0.15, 0.2) is 0 Å². The van der Waals surface area contributed by atoms with Gasteiger partial charge >= 0.3 is 0 Å². The topological polar surface area (TPSA) is 58.6 Å². The largest absolute Gasteiger partial charge is 0.380 e. The number of methoxy groups -OCH3 is 1. The minimum atomic E-state index is 0.0367. The van der Waals surface area contributed by atoms with Crippen molar-refractivity contribution in [2.75, 3.05) is 26.7 Å². The van der Waals surface area contributed by atoms with Crippen molar-refractivity contribution in [3.63, 3.8) is 0 Å². The average Bonchev–Trinajstić information content (AvgIpc) is 2.60. The summed E-state index contributed by atoms with van der Waals surface area (Å²) in [6.07, 6.45) is 2.42. The van der Waals surface area contributed by atoms with E-state index in [4.69, 9.17) is 4.74 Å². The summed E-state index contributed by atoms with van der Waals surface area (Å²) >= 11 is 0. The van der Waals surface area contributed by atoms with Crippen LogP contribution in [0, 0.1) is 5.92 Å². The van der Waals surface area contributed by atoms with E-state index in [1.807, 2.05) is 36.1 Å². The lowest BCUT2D eigenvalue weighted by molar-refractivity contribution is -0.126. The van der Waals surface area contributed by atoms with Gasteiger partial charge in [0.2, 0.25) is 5.91 Å². The Bertz CT molecular complexity index is 520. The number of amides is 2. The maximum Gasteiger partial charge on any atom is 0.253 e. The highest BCUT2D eigenvalue weighted by atomic mass is 16.5. The standard InChI is InChI=1S/C18H26N2O3/c1-3-10-19-17(21)15-8-11-20(12-9-15)18(22)16-6-4-14(5-7-16)13-23-2/h4-7,15H,3,8-13H2,1-2H3,(H,19,21). The minimum absolute atomic E-state index is 0.0367. The van der Waals surface area contributed by atoms with E-state index in [0.29, 0.717) is 25.3 Å². The lowest BCUT2D eigenvalue weighted by Gasteiger charge is -2.31. The van der Waals surface area contributed by atoms with Gasteiger partial charge in [0.05, 0.1) is 6.61 Å². The molecular weight excluding hydrogens is 292 g/mol. The number of nitrogens with one attached hydrogen (secondary N) is 1. The molecule has 23 heavy (non-hydrogen) atoms. The summed E-state index contributed by atoms with van der Waals surface area (Å²) < 4.78 is 5.07. The highest BCUT2D eigenvalue weighted by Gasteiger charge is 2.27. The third-order valence-corrected chi connectivity index (χ3v) is 4.21. The maximum atomic E-state index is 12.5. The zero-order chi connectivity index (χ0) is 16.7. The van der Waals surface area contributed by atoms with Crippen molar-refractivity contribution in [2.45, 2.75) is 32.8 Å². The molecule has 1 N–H and O–H groups in total. The molecule has 0 bridgehead atoms. The molecule has 1 aromatic carbocycles. The van der Waals surface area contributed by atoms with Crippen molar-refractivity contribution in [1.29, 1.82) is 0 Å². The van der Waals surface area contributed by atoms with Crippen molar-refractivity contribution in [2.24, 2.45) is 5.92 Å². The number of piperidine rings is 1. The third-order valence-electron chi connectivity index (χ3n) is 4.21. The maximum absolute atomic E-state index is 12.5. The first-order valence-electron chi connectivity index (χ1n) is 8.30. The molecule has 1 saturated heterocycles. The lowest BCUT2D eigenvalue weighted by Crippen LogP contribution is -2.43. The van der Waals surface area contributed by atoms with Crippen LogP contribution in [0.25, 0.3) is 0 Å². The molecule has 1 aromatic rings. The predicted octanol–water partition coefficient (Wildman–Crippen LogP) is 2.21. The first-order chi connectivity index (χ1) is 11.2. The Labute approximate surface area is 138 Å². The molecule has 0 aromatic heterocycles. The van der Waals surface area contributed by atoms with Crippen LogP contribution in [0.5, 0.6) is 0 Å². The van der Waals surface area contributed by atoms with E-state index in [9.17, 15) is 9.59 Å². The van der Waals surface area contributed by atoms with Gasteiger partial charge in [0.25, 0.3) is 5.91 Å². The first-order valence-corrected chi connectivity index (χ1v) is 8.30. The molecule has 2 rings (SSSR count). The monoisotopic (exact) mass is 318 g/mol. The Hall–Kier alpha value is -1.88. The predicted molar refractivity (Wildman–Crippen MR) is 89.1 cm³/mol. The Morgan fingerprint density at radius 1 is 1.22 bits per heavy atom. The molecule has 0 saturated carbocycles. The summed E-state index contributed by atoms with van der Waals surface area (Å²) in [5, 5.41) is 2.94. The van der Waals surface area contributed by atoms with Crippen LogP contribution in [0.3, 0.4) is 0 Å². The molecule has 1 heterocycles. The van der Waals surface area contributed by atoms with E-state index in [1.54, 1.807) is 7.11 Å². The van der Waals surface area contributed by atoms with Gasteiger partial charge in [-0.15, -0.1) is 0 Å². The Kier molecular flexibility index (Phi) is 6.59. The third kappa shape index (κ3) is 4.79. The molecule has 1 aliphatic rings. The second-order valence-electron chi connectivity index (χ2n) is 5.99. The molecule has 1 aliphatic heterocycles. The molecule has 5 heteroatoms. The number of carbonyl (C=O) groups excluding carboxylic acids is 2. The zero-order valence-electron chi connectivity index (χ0n) is 14.0. The van der Waals surface area contributed by atoms with E-state index in [2.05, 4.69) is 5.32 Å². The van der Waals surface area contributed by atoms with Gasteiger partial charge in [-0.2, -0.15) is 0 Å². The van der Waals surface area contributed by atoms with Crippen LogP contribution in [0.15, 0.2) is 24.3 Å². The van der Waals surface area contributed by atoms with E-state index in [0.717, 1.165) is 31.4 Å². The van der Waals surface area contributed by atoms with Gasteiger partial charge < -0.3 is 15.0 Å². The number of benzene rings is 1. The molecule has 0 radical (unpaired) electrons. The van der Waals surface area contributed by atoms with Crippen molar-refractivity contribution >= 4 is 11.8 Å². The van der Waals surface area contributed by atoms with Crippen LogP contribution in [0.2, 0.25) is 0 Å².